The predicted octanol–water partition coefficient (Wildman–Crippen LogP) is 0.498. The van der Waals surface area contributed by atoms with Crippen molar-refractivity contribution in [1.82, 2.24) is 4.90 Å². The third kappa shape index (κ3) is 4.35. The first kappa shape index (κ1) is 14.5. The zero-order valence-corrected chi connectivity index (χ0v) is 10.8. The average molecular weight is 251 g/mol. The number of hydrogen-bond donors (Lipinski definition) is 3. The van der Waals surface area contributed by atoms with Crippen LogP contribution in [0.5, 0.6) is 0 Å². The van der Waals surface area contributed by atoms with Gasteiger partial charge < -0.3 is 16.6 Å². The Bertz CT molecular complexity index is 407. The fourth-order valence-corrected chi connectivity index (χ4v) is 1.75. The molecule has 1 unspecified atom stereocenters. The molecule has 0 aliphatic carbocycles. The van der Waals surface area contributed by atoms with E-state index >= 15 is 0 Å². The van der Waals surface area contributed by atoms with Gasteiger partial charge >= 0.3 is 0 Å². The highest BCUT2D eigenvalue weighted by molar-refractivity contribution is 5.75. The average Bonchev–Trinajstić information content (AvgIpc) is 2.27. The van der Waals surface area contributed by atoms with Gasteiger partial charge in [0.1, 0.15) is 0 Å². The van der Waals surface area contributed by atoms with Crippen molar-refractivity contribution < 1.29 is 9.90 Å². The van der Waals surface area contributed by atoms with Gasteiger partial charge in [-0.2, -0.15) is 0 Å². The van der Waals surface area contributed by atoms with Crippen LogP contribution in [0.3, 0.4) is 0 Å². The number of nitrogens with two attached hydrogens (primary N) is 2. The van der Waals surface area contributed by atoms with Crippen molar-refractivity contribution in [1.29, 1.82) is 0 Å². The Morgan fingerprint density at radius 1 is 1.44 bits per heavy atom. The number of aliphatic hydroxyl groups excluding tert-OH is 1. The zero-order valence-electron chi connectivity index (χ0n) is 10.8. The molecule has 1 aromatic rings. The summed E-state index contributed by atoms with van der Waals surface area (Å²) < 4.78 is 0. The molecule has 1 aromatic carbocycles. The van der Waals surface area contributed by atoms with Crippen LogP contribution in [0.15, 0.2) is 24.3 Å². The first-order valence-corrected chi connectivity index (χ1v) is 5.96. The minimum Gasteiger partial charge on any atom is -0.399 e. The fraction of sp³-hybridized carbons (Fsp3) is 0.462. The van der Waals surface area contributed by atoms with Gasteiger partial charge in [0.25, 0.3) is 0 Å². The summed E-state index contributed by atoms with van der Waals surface area (Å²) in [5, 5.41) is 10.1. The number of amides is 1. The number of carbonyl (C=O) groups is 1. The van der Waals surface area contributed by atoms with Crippen LogP contribution in [-0.4, -0.2) is 35.0 Å². The van der Waals surface area contributed by atoms with Gasteiger partial charge in [-0.05, 0) is 31.5 Å². The summed E-state index contributed by atoms with van der Waals surface area (Å²) in [4.78, 5) is 12.8. The van der Waals surface area contributed by atoms with Gasteiger partial charge in [-0.3, -0.25) is 9.69 Å². The van der Waals surface area contributed by atoms with E-state index in [2.05, 4.69) is 0 Å². The molecule has 0 radical (unpaired) electrons. The van der Waals surface area contributed by atoms with Gasteiger partial charge in [-0.1, -0.05) is 12.1 Å². The molecule has 5 heteroatoms. The molecule has 5 nitrogen and oxygen atoms in total. The van der Waals surface area contributed by atoms with Crippen molar-refractivity contribution in [2.75, 3.05) is 18.8 Å². The van der Waals surface area contributed by atoms with E-state index in [0.29, 0.717) is 12.2 Å². The smallest absolute Gasteiger partial charge is 0.231 e. The number of hydrogen-bond acceptors (Lipinski definition) is 4. The van der Waals surface area contributed by atoms with Crippen LogP contribution >= 0.6 is 0 Å². The number of aliphatic hydroxyl groups is 1. The van der Waals surface area contributed by atoms with Crippen molar-refractivity contribution in [3.63, 3.8) is 0 Å². The normalized spacial score (nSPS) is 12.9. The van der Waals surface area contributed by atoms with Gasteiger partial charge in [0.15, 0.2) is 0 Å². The summed E-state index contributed by atoms with van der Waals surface area (Å²) in [7, 11) is 0. The lowest BCUT2D eigenvalue weighted by Gasteiger charge is -2.27. The molecule has 0 aromatic heterocycles. The van der Waals surface area contributed by atoms with Crippen molar-refractivity contribution in [2.24, 2.45) is 5.73 Å². The predicted molar refractivity (Wildman–Crippen MR) is 71.7 cm³/mol. The van der Waals surface area contributed by atoms with Crippen molar-refractivity contribution in [3.8, 4) is 0 Å². The summed E-state index contributed by atoms with van der Waals surface area (Å²) in [5.41, 5.74) is 12.2. The van der Waals surface area contributed by atoms with Gasteiger partial charge in [0.05, 0.1) is 12.6 Å². The highest BCUT2D eigenvalue weighted by Gasteiger charge is 2.17. The maximum Gasteiger partial charge on any atom is 0.231 e. The summed E-state index contributed by atoms with van der Waals surface area (Å²) in [6.45, 7) is 4.39. The highest BCUT2D eigenvalue weighted by atomic mass is 16.3. The second-order valence-corrected chi connectivity index (χ2v) is 4.68. The molecule has 5 N–H and O–H groups in total. The molecule has 0 saturated heterocycles. The van der Waals surface area contributed by atoms with Crippen LogP contribution in [-0.2, 0) is 4.79 Å². The van der Waals surface area contributed by atoms with Crippen LogP contribution in [0.2, 0.25) is 0 Å². The monoisotopic (exact) mass is 251 g/mol. The van der Waals surface area contributed by atoms with E-state index in [1.165, 1.54) is 0 Å². The van der Waals surface area contributed by atoms with E-state index in [1.54, 1.807) is 18.2 Å². The largest absolute Gasteiger partial charge is 0.399 e. The van der Waals surface area contributed by atoms with E-state index in [1.807, 2.05) is 24.8 Å². The lowest BCUT2D eigenvalue weighted by Crippen LogP contribution is -2.40. The van der Waals surface area contributed by atoms with E-state index in [-0.39, 0.29) is 12.6 Å². The third-order valence-electron chi connectivity index (χ3n) is 2.79. The molecule has 1 rings (SSSR count). The molecule has 18 heavy (non-hydrogen) atoms. The Hall–Kier alpha value is -1.59. The van der Waals surface area contributed by atoms with Crippen LogP contribution in [0.4, 0.5) is 5.69 Å². The van der Waals surface area contributed by atoms with E-state index in [0.717, 1.165) is 5.56 Å². The van der Waals surface area contributed by atoms with Crippen LogP contribution in [0.25, 0.3) is 0 Å². The molecule has 0 saturated carbocycles. The number of anilines is 1. The number of nitrogens with zero attached hydrogens (tertiary/aromatic N) is 1. The number of carbonyl (C=O) groups excluding carboxylic acids is 1. The number of nitrogen functional groups attached to an aromatic ring is 1. The Kier molecular flexibility index (Phi) is 5.12. The number of benzene rings is 1. The van der Waals surface area contributed by atoms with Gasteiger partial charge in [0.2, 0.25) is 5.91 Å². The van der Waals surface area contributed by atoms with E-state index < -0.39 is 12.0 Å². The Morgan fingerprint density at radius 2 is 2.11 bits per heavy atom. The van der Waals surface area contributed by atoms with E-state index in [4.69, 9.17) is 11.5 Å². The standard InChI is InChI=1S/C13H21N3O2/c1-9(2)16(8-13(15)18)7-12(17)10-4-3-5-11(14)6-10/h3-6,9,12,17H,7-8,14H2,1-2H3,(H2,15,18). The molecule has 0 bridgehead atoms. The molecule has 0 spiro atoms. The number of rotatable bonds is 6. The van der Waals surface area contributed by atoms with Crippen molar-refractivity contribution in [3.05, 3.63) is 29.8 Å². The molecular formula is C13H21N3O2. The molecule has 100 valence electrons. The highest BCUT2D eigenvalue weighted by Crippen LogP contribution is 2.17. The molecule has 0 heterocycles. The molecular weight excluding hydrogens is 230 g/mol. The second-order valence-electron chi connectivity index (χ2n) is 4.68. The third-order valence-corrected chi connectivity index (χ3v) is 2.79. The zero-order chi connectivity index (χ0) is 13.7. The lowest BCUT2D eigenvalue weighted by molar-refractivity contribution is -0.119. The maximum absolute atomic E-state index is 11.0. The molecule has 0 fully saturated rings. The van der Waals surface area contributed by atoms with Crippen LogP contribution in [0, 0.1) is 0 Å². The van der Waals surface area contributed by atoms with Crippen molar-refractivity contribution in [2.45, 2.75) is 26.0 Å². The summed E-state index contributed by atoms with van der Waals surface area (Å²) >= 11 is 0. The Labute approximate surface area is 107 Å². The van der Waals surface area contributed by atoms with Crippen LogP contribution < -0.4 is 11.5 Å². The van der Waals surface area contributed by atoms with E-state index in [9.17, 15) is 9.90 Å². The fourth-order valence-electron chi connectivity index (χ4n) is 1.75. The topological polar surface area (TPSA) is 92.6 Å². The van der Waals surface area contributed by atoms with Gasteiger partial charge in [-0.25, -0.2) is 0 Å². The minimum absolute atomic E-state index is 0.133. The molecule has 1 atom stereocenters. The summed E-state index contributed by atoms with van der Waals surface area (Å²) in [6.07, 6.45) is -0.685. The molecule has 0 aliphatic rings. The summed E-state index contributed by atoms with van der Waals surface area (Å²) in [5.74, 6) is -0.400. The Morgan fingerprint density at radius 3 is 2.61 bits per heavy atom. The van der Waals surface area contributed by atoms with Gasteiger partial charge in [0, 0.05) is 18.3 Å². The second kappa shape index (κ2) is 6.37. The maximum atomic E-state index is 11.0. The first-order chi connectivity index (χ1) is 8.40. The van der Waals surface area contributed by atoms with Crippen molar-refractivity contribution >= 4 is 11.6 Å². The minimum atomic E-state index is -0.685. The molecule has 0 aliphatic heterocycles. The first-order valence-electron chi connectivity index (χ1n) is 5.96. The SMILES string of the molecule is CC(C)N(CC(N)=O)CC(O)c1cccc(N)c1. The van der Waals surface area contributed by atoms with Gasteiger partial charge in [-0.15, -0.1) is 0 Å². The quantitative estimate of drug-likeness (QED) is 0.642. The molecule has 1 amide bonds. The Balaban J connectivity index is 2.71. The number of primary amides is 1. The lowest BCUT2D eigenvalue weighted by atomic mass is 10.1. The van der Waals surface area contributed by atoms with Crippen LogP contribution in [0.1, 0.15) is 25.5 Å². The summed E-state index contributed by atoms with van der Waals surface area (Å²) in [6, 6.07) is 7.23.